The van der Waals surface area contributed by atoms with E-state index in [-0.39, 0.29) is 35.9 Å². The molecule has 1 aliphatic heterocycles. The van der Waals surface area contributed by atoms with Crippen molar-refractivity contribution in [2.45, 2.75) is 57.1 Å². The van der Waals surface area contributed by atoms with Crippen LogP contribution in [0.3, 0.4) is 0 Å². The summed E-state index contributed by atoms with van der Waals surface area (Å²) in [5.41, 5.74) is 0.328. The van der Waals surface area contributed by atoms with Gasteiger partial charge in [-0.2, -0.15) is 0 Å². The van der Waals surface area contributed by atoms with Crippen LogP contribution < -0.4 is 10.1 Å². The summed E-state index contributed by atoms with van der Waals surface area (Å²) in [7, 11) is -2.49. The third-order valence-electron chi connectivity index (χ3n) is 5.59. The van der Waals surface area contributed by atoms with Crippen molar-refractivity contribution in [2.24, 2.45) is 0 Å². The molecule has 0 radical (unpaired) electrons. The van der Waals surface area contributed by atoms with Gasteiger partial charge in [-0.05, 0) is 57.5 Å². The van der Waals surface area contributed by atoms with E-state index in [1.807, 2.05) is 26.8 Å². The SMILES string of the molecule is COc1cccc(CN(C(=O)CCN2C(=O)c3ccccc3S2(=O)=O)C(C)C(=O)NC(C)(C)C)c1. The van der Waals surface area contributed by atoms with Gasteiger partial charge in [-0.25, -0.2) is 12.7 Å². The van der Waals surface area contributed by atoms with Crippen molar-refractivity contribution < 1.29 is 27.5 Å². The number of rotatable bonds is 8. The molecule has 0 bridgehead atoms. The molecule has 0 aromatic heterocycles. The van der Waals surface area contributed by atoms with E-state index >= 15 is 0 Å². The largest absolute Gasteiger partial charge is 0.497 e. The fraction of sp³-hybridized carbons (Fsp3) is 0.400. The molecule has 3 rings (SSSR count). The Bertz CT molecular complexity index is 1240. The molecular formula is C25H31N3O6S. The Morgan fingerprint density at radius 1 is 1.11 bits per heavy atom. The molecule has 1 atom stereocenters. The first kappa shape index (κ1) is 26.2. The summed E-state index contributed by atoms with van der Waals surface area (Å²) in [5, 5.41) is 2.87. The van der Waals surface area contributed by atoms with E-state index < -0.39 is 33.4 Å². The average molecular weight is 502 g/mol. The van der Waals surface area contributed by atoms with E-state index in [4.69, 9.17) is 4.74 Å². The van der Waals surface area contributed by atoms with Gasteiger partial charge in [-0.15, -0.1) is 0 Å². The van der Waals surface area contributed by atoms with Crippen LogP contribution in [-0.2, 0) is 26.2 Å². The Balaban J connectivity index is 1.82. The number of sulfonamides is 1. The fourth-order valence-electron chi connectivity index (χ4n) is 3.82. The van der Waals surface area contributed by atoms with Gasteiger partial charge < -0.3 is 15.0 Å². The van der Waals surface area contributed by atoms with Gasteiger partial charge in [0.25, 0.3) is 15.9 Å². The lowest BCUT2D eigenvalue weighted by Crippen LogP contribution is -2.52. The Morgan fingerprint density at radius 2 is 1.80 bits per heavy atom. The number of amides is 3. The number of carbonyl (C=O) groups is 3. The molecule has 35 heavy (non-hydrogen) atoms. The van der Waals surface area contributed by atoms with E-state index in [1.165, 1.54) is 24.1 Å². The third kappa shape index (κ3) is 5.82. The summed E-state index contributed by atoms with van der Waals surface area (Å²) in [5.74, 6) is -0.853. The zero-order chi connectivity index (χ0) is 26.0. The Hall–Kier alpha value is -3.40. The van der Waals surface area contributed by atoms with Gasteiger partial charge in [0.2, 0.25) is 11.8 Å². The van der Waals surface area contributed by atoms with Gasteiger partial charge in [-0.3, -0.25) is 14.4 Å². The highest BCUT2D eigenvalue weighted by Crippen LogP contribution is 2.30. The van der Waals surface area contributed by atoms with Gasteiger partial charge in [0.1, 0.15) is 16.7 Å². The molecule has 0 fully saturated rings. The second-order valence-corrected chi connectivity index (χ2v) is 11.2. The average Bonchev–Trinajstić information content (AvgIpc) is 2.99. The van der Waals surface area contributed by atoms with Gasteiger partial charge in [0, 0.05) is 25.0 Å². The highest BCUT2D eigenvalue weighted by atomic mass is 32.2. The predicted molar refractivity (Wildman–Crippen MR) is 130 cm³/mol. The van der Waals surface area contributed by atoms with Crippen LogP contribution >= 0.6 is 0 Å². The first-order chi connectivity index (χ1) is 16.3. The second-order valence-electron chi connectivity index (χ2n) is 9.42. The van der Waals surface area contributed by atoms with Crippen LogP contribution in [0.5, 0.6) is 5.75 Å². The lowest BCUT2D eigenvalue weighted by Gasteiger charge is -2.32. The lowest BCUT2D eigenvalue weighted by atomic mass is 10.1. The Morgan fingerprint density at radius 3 is 2.43 bits per heavy atom. The lowest BCUT2D eigenvalue weighted by molar-refractivity contribution is -0.141. The minimum atomic E-state index is -4.03. The monoisotopic (exact) mass is 501 g/mol. The minimum absolute atomic E-state index is 0.0661. The maximum atomic E-state index is 13.3. The highest BCUT2D eigenvalue weighted by Gasteiger charge is 2.41. The molecule has 1 aliphatic rings. The van der Waals surface area contributed by atoms with Crippen molar-refractivity contribution >= 4 is 27.7 Å². The molecule has 0 saturated heterocycles. The number of hydrogen-bond acceptors (Lipinski definition) is 6. The Kier molecular flexibility index (Phi) is 7.54. The summed E-state index contributed by atoms with van der Waals surface area (Å²) in [4.78, 5) is 40.3. The van der Waals surface area contributed by atoms with Gasteiger partial charge >= 0.3 is 0 Å². The van der Waals surface area contributed by atoms with Crippen molar-refractivity contribution in [2.75, 3.05) is 13.7 Å². The van der Waals surface area contributed by atoms with Crippen molar-refractivity contribution in [1.29, 1.82) is 0 Å². The van der Waals surface area contributed by atoms with Gasteiger partial charge in [0.15, 0.2) is 0 Å². The van der Waals surface area contributed by atoms with E-state index in [2.05, 4.69) is 5.32 Å². The molecule has 1 N–H and O–H groups in total. The van der Waals surface area contributed by atoms with E-state index in [0.29, 0.717) is 5.75 Å². The van der Waals surface area contributed by atoms with Crippen LogP contribution in [0, 0.1) is 0 Å². The van der Waals surface area contributed by atoms with E-state index in [0.717, 1.165) is 9.87 Å². The van der Waals surface area contributed by atoms with Crippen LogP contribution in [0.25, 0.3) is 0 Å². The molecule has 0 spiro atoms. The molecule has 1 heterocycles. The van der Waals surface area contributed by atoms with Gasteiger partial charge in [0.05, 0.1) is 12.7 Å². The summed E-state index contributed by atoms with van der Waals surface area (Å²) in [6, 6.07) is 12.2. The normalized spacial score (nSPS) is 15.3. The van der Waals surface area contributed by atoms with Crippen LogP contribution in [0.15, 0.2) is 53.4 Å². The van der Waals surface area contributed by atoms with Crippen LogP contribution in [0.4, 0.5) is 0 Å². The maximum Gasteiger partial charge on any atom is 0.269 e. The van der Waals surface area contributed by atoms with Crippen molar-refractivity contribution in [3.63, 3.8) is 0 Å². The number of fused-ring (bicyclic) bond motifs is 1. The molecule has 3 amide bonds. The summed E-state index contributed by atoms with van der Waals surface area (Å²) in [6.45, 7) is 6.92. The molecular weight excluding hydrogens is 470 g/mol. The summed E-state index contributed by atoms with van der Waals surface area (Å²) >= 11 is 0. The van der Waals surface area contributed by atoms with Crippen LogP contribution in [0.2, 0.25) is 0 Å². The Labute approximate surface area is 206 Å². The molecule has 9 nitrogen and oxygen atoms in total. The summed E-state index contributed by atoms with van der Waals surface area (Å²) in [6.07, 6.45) is -0.268. The molecule has 10 heteroatoms. The van der Waals surface area contributed by atoms with E-state index in [9.17, 15) is 22.8 Å². The van der Waals surface area contributed by atoms with Crippen molar-refractivity contribution in [1.82, 2.24) is 14.5 Å². The van der Waals surface area contributed by atoms with Crippen LogP contribution in [0.1, 0.15) is 50.0 Å². The number of hydrogen-bond donors (Lipinski definition) is 1. The maximum absolute atomic E-state index is 13.3. The number of benzene rings is 2. The molecule has 2 aromatic carbocycles. The van der Waals surface area contributed by atoms with Gasteiger partial charge in [-0.1, -0.05) is 24.3 Å². The first-order valence-electron chi connectivity index (χ1n) is 11.3. The number of nitrogens with one attached hydrogen (secondary N) is 1. The predicted octanol–water partition coefficient (Wildman–Crippen LogP) is 2.56. The van der Waals surface area contributed by atoms with E-state index in [1.54, 1.807) is 37.3 Å². The quantitative estimate of drug-likeness (QED) is 0.595. The second kappa shape index (κ2) is 10.1. The number of methoxy groups -OCH3 is 1. The molecule has 1 unspecified atom stereocenters. The molecule has 2 aromatic rings. The number of ether oxygens (including phenoxy) is 1. The third-order valence-corrected chi connectivity index (χ3v) is 7.43. The molecule has 188 valence electrons. The standard InChI is InChI=1S/C25H31N3O6S/c1-17(23(30)26-25(2,3)4)27(16-18-9-8-10-19(15-18)34-5)22(29)13-14-28-24(31)20-11-6-7-12-21(20)35(28,32)33/h6-12,15,17H,13-14,16H2,1-5H3,(H,26,30). The first-order valence-corrected chi connectivity index (χ1v) is 12.7. The summed E-state index contributed by atoms with van der Waals surface area (Å²) < 4.78 is 31.7. The van der Waals surface area contributed by atoms with Crippen LogP contribution in [-0.4, -0.2) is 60.6 Å². The smallest absolute Gasteiger partial charge is 0.269 e. The zero-order valence-corrected chi connectivity index (χ0v) is 21.4. The minimum Gasteiger partial charge on any atom is -0.497 e. The number of carbonyl (C=O) groups excluding carboxylic acids is 3. The highest BCUT2D eigenvalue weighted by molar-refractivity contribution is 7.90. The van der Waals surface area contributed by atoms with Crippen molar-refractivity contribution in [3.05, 3.63) is 59.7 Å². The molecule has 0 saturated carbocycles. The molecule has 0 aliphatic carbocycles. The zero-order valence-electron chi connectivity index (χ0n) is 20.6. The van der Waals surface area contributed by atoms with Crippen molar-refractivity contribution in [3.8, 4) is 5.75 Å². The topological polar surface area (TPSA) is 113 Å². The fourth-order valence-corrected chi connectivity index (χ4v) is 5.39. The number of nitrogens with zero attached hydrogens (tertiary/aromatic N) is 2.